The zero-order valence-corrected chi connectivity index (χ0v) is 16.8. The van der Waals surface area contributed by atoms with Crippen molar-refractivity contribution in [1.82, 2.24) is 9.80 Å². The summed E-state index contributed by atoms with van der Waals surface area (Å²) in [5.41, 5.74) is 0.710. The van der Waals surface area contributed by atoms with Gasteiger partial charge in [0.15, 0.2) is 0 Å². The first-order chi connectivity index (χ1) is 14.2. The van der Waals surface area contributed by atoms with Crippen LogP contribution >= 0.6 is 0 Å². The fourth-order valence-electron chi connectivity index (χ4n) is 3.60. The molecule has 2 aromatic rings. The third kappa shape index (κ3) is 5.73. The summed E-state index contributed by atoms with van der Waals surface area (Å²) in [6.07, 6.45) is -4.02. The van der Waals surface area contributed by atoms with Crippen molar-refractivity contribution < 1.29 is 23.1 Å². The zero-order chi connectivity index (χ0) is 21.7. The Kier molecular flexibility index (Phi) is 6.99. The van der Waals surface area contributed by atoms with E-state index in [0.717, 1.165) is 24.2 Å². The third-order valence-corrected chi connectivity index (χ3v) is 5.38. The lowest BCUT2D eigenvalue weighted by atomic mass is 10.0. The lowest BCUT2D eigenvalue weighted by Gasteiger charge is -2.32. The molecule has 30 heavy (non-hydrogen) atoms. The van der Waals surface area contributed by atoms with Crippen LogP contribution in [0.15, 0.2) is 54.6 Å². The fraction of sp³-hybridized carbons (Fsp3) is 0.409. The number of aliphatic hydroxyl groups excluding tert-OH is 1. The van der Waals surface area contributed by atoms with E-state index in [4.69, 9.17) is 0 Å². The molecule has 2 N–H and O–H groups in total. The van der Waals surface area contributed by atoms with Crippen LogP contribution in [-0.4, -0.2) is 60.1 Å². The highest BCUT2D eigenvalue weighted by molar-refractivity contribution is 5.81. The second kappa shape index (κ2) is 9.49. The van der Waals surface area contributed by atoms with Crippen LogP contribution in [0.5, 0.6) is 0 Å². The van der Waals surface area contributed by atoms with Crippen molar-refractivity contribution in [3.8, 4) is 0 Å². The summed E-state index contributed by atoms with van der Waals surface area (Å²) >= 11 is 0. The van der Waals surface area contributed by atoms with Gasteiger partial charge in [-0.3, -0.25) is 9.69 Å². The number of nitrogens with one attached hydrogen (secondary N) is 1. The molecule has 0 spiro atoms. The van der Waals surface area contributed by atoms with Crippen LogP contribution in [0.25, 0.3) is 0 Å². The predicted molar refractivity (Wildman–Crippen MR) is 109 cm³/mol. The van der Waals surface area contributed by atoms with Gasteiger partial charge in [0.25, 0.3) is 0 Å². The molecule has 1 aliphatic heterocycles. The number of nitrogens with zero attached hydrogens (tertiary/aromatic N) is 2. The van der Waals surface area contributed by atoms with Gasteiger partial charge in [-0.05, 0) is 36.2 Å². The summed E-state index contributed by atoms with van der Waals surface area (Å²) in [7, 11) is 1.72. The van der Waals surface area contributed by atoms with Gasteiger partial charge >= 0.3 is 6.18 Å². The van der Waals surface area contributed by atoms with Gasteiger partial charge in [0.1, 0.15) is 0 Å². The number of carbonyl (C=O) groups is 1. The number of likely N-dealkylation sites (tertiary alicyclic amines) is 1. The van der Waals surface area contributed by atoms with Crippen molar-refractivity contribution in [1.29, 1.82) is 0 Å². The Morgan fingerprint density at radius 3 is 2.43 bits per heavy atom. The standard InChI is InChI=1S/C22H26F3N3O2/c1-27(21(30)13-26-18-9-7-17(8-10-18)22(23,24)25)20(16-5-3-2-4-6-16)15-28-12-11-19(29)14-28/h2-10,19-20,26,29H,11-15H2,1H3/t19?,20-/m1/s1. The molecule has 1 fully saturated rings. The van der Waals surface area contributed by atoms with E-state index < -0.39 is 11.7 Å². The monoisotopic (exact) mass is 421 g/mol. The van der Waals surface area contributed by atoms with Crippen LogP contribution in [-0.2, 0) is 11.0 Å². The number of likely N-dealkylation sites (N-methyl/N-ethyl adjacent to an activating group) is 1. The number of β-amino-alcohol motifs (C(OH)–C–C–N with tert-alkyl or cyclic N) is 1. The summed E-state index contributed by atoms with van der Waals surface area (Å²) in [6, 6.07) is 14.1. The molecule has 0 aromatic heterocycles. The molecule has 1 heterocycles. The average molecular weight is 421 g/mol. The highest BCUT2D eigenvalue weighted by Crippen LogP contribution is 2.30. The van der Waals surface area contributed by atoms with Crippen molar-refractivity contribution in [2.45, 2.75) is 24.7 Å². The molecule has 2 atom stereocenters. The van der Waals surface area contributed by atoms with Crippen molar-refractivity contribution in [2.24, 2.45) is 0 Å². The minimum Gasteiger partial charge on any atom is -0.392 e. The topological polar surface area (TPSA) is 55.8 Å². The van der Waals surface area contributed by atoms with Crippen LogP contribution < -0.4 is 5.32 Å². The molecule has 1 unspecified atom stereocenters. The van der Waals surface area contributed by atoms with E-state index in [2.05, 4.69) is 10.2 Å². The minimum atomic E-state index is -4.39. The van der Waals surface area contributed by atoms with Gasteiger partial charge in [0.05, 0.1) is 24.3 Å². The van der Waals surface area contributed by atoms with Crippen molar-refractivity contribution in [3.05, 3.63) is 65.7 Å². The molecule has 0 radical (unpaired) electrons. The number of benzene rings is 2. The first-order valence-corrected chi connectivity index (χ1v) is 9.86. The number of anilines is 1. The molecular weight excluding hydrogens is 395 g/mol. The summed E-state index contributed by atoms with van der Waals surface area (Å²) in [5.74, 6) is -0.177. The van der Waals surface area contributed by atoms with Crippen LogP contribution in [0.3, 0.4) is 0 Å². The van der Waals surface area contributed by atoms with E-state index in [1.54, 1.807) is 11.9 Å². The number of carbonyl (C=O) groups excluding carboxylic acids is 1. The molecule has 0 bridgehead atoms. The average Bonchev–Trinajstić information content (AvgIpc) is 3.15. The van der Waals surface area contributed by atoms with Crippen LogP contribution in [0.1, 0.15) is 23.6 Å². The highest BCUT2D eigenvalue weighted by Gasteiger charge is 2.30. The quantitative estimate of drug-likeness (QED) is 0.720. The Labute approximate surface area is 174 Å². The molecular formula is C22H26F3N3O2. The Bertz CT molecular complexity index is 828. The van der Waals surface area contributed by atoms with E-state index in [-0.39, 0.29) is 24.6 Å². The number of hydrogen-bond acceptors (Lipinski definition) is 4. The zero-order valence-electron chi connectivity index (χ0n) is 16.8. The molecule has 1 amide bonds. The Morgan fingerprint density at radius 1 is 1.20 bits per heavy atom. The molecule has 0 saturated carbocycles. The Balaban J connectivity index is 1.64. The van der Waals surface area contributed by atoms with E-state index in [9.17, 15) is 23.1 Å². The van der Waals surface area contributed by atoms with Crippen molar-refractivity contribution in [2.75, 3.05) is 38.5 Å². The van der Waals surface area contributed by atoms with Crippen LogP contribution in [0.4, 0.5) is 18.9 Å². The lowest BCUT2D eigenvalue weighted by molar-refractivity contribution is -0.137. The van der Waals surface area contributed by atoms with Gasteiger partial charge in [-0.2, -0.15) is 13.2 Å². The maximum absolute atomic E-state index is 12.8. The van der Waals surface area contributed by atoms with E-state index in [0.29, 0.717) is 25.2 Å². The smallest absolute Gasteiger partial charge is 0.392 e. The SMILES string of the molecule is CN(C(=O)CNc1ccc(C(F)(F)F)cc1)[C@H](CN1CCC(O)C1)c1ccccc1. The molecule has 2 aromatic carbocycles. The highest BCUT2D eigenvalue weighted by atomic mass is 19.4. The van der Waals surface area contributed by atoms with Crippen molar-refractivity contribution in [3.63, 3.8) is 0 Å². The lowest BCUT2D eigenvalue weighted by Crippen LogP contribution is -2.41. The maximum Gasteiger partial charge on any atom is 0.416 e. The second-order valence-electron chi connectivity index (χ2n) is 7.56. The van der Waals surface area contributed by atoms with Gasteiger partial charge in [-0.15, -0.1) is 0 Å². The predicted octanol–water partition coefficient (Wildman–Crippen LogP) is 3.38. The first kappa shape index (κ1) is 22.1. The largest absolute Gasteiger partial charge is 0.416 e. The fourth-order valence-corrected chi connectivity index (χ4v) is 3.60. The Morgan fingerprint density at radius 2 is 1.87 bits per heavy atom. The first-order valence-electron chi connectivity index (χ1n) is 9.86. The van der Waals surface area contributed by atoms with Crippen LogP contribution in [0, 0.1) is 0 Å². The van der Waals surface area contributed by atoms with Gasteiger partial charge in [-0.25, -0.2) is 0 Å². The second-order valence-corrected chi connectivity index (χ2v) is 7.56. The molecule has 3 rings (SSSR count). The minimum absolute atomic E-state index is 0.0339. The third-order valence-electron chi connectivity index (χ3n) is 5.38. The van der Waals surface area contributed by atoms with Crippen molar-refractivity contribution >= 4 is 11.6 Å². The number of hydrogen-bond donors (Lipinski definition) is 2. The number of alkyl halides is 3. The molecule has 8 heteroatoms. The van der Waals surface area contributed by atoms with E-state index in [1.807, 2.05) is 30.3 Å². The Hall–Kier alpha value is -2.58. The van der Waals surface area contributed by atoms with Gasteiger partial charge in [0.2, 0.25) is 5.91 Å². The van der Waals surface area contributed by atoms with Crippen LogP contribution in [0.2, 0.25) is 0 Å². The summed E-state index contributed by atoms with van der Waals surface area (Å²) < 4.78 is 38.0. The maximum atomic E-state index is 12.8. The van der Waals surface area contributed by atoms with E-state index in [1.165, 1.54) is 12.1 Å². The number of aliphatic hydroxyl groups is 1. The number of rotatable bonds is 7. The van der Waals surface area contributed by atoms with E-state index >= 15 is 0 Å². The number of amides is 1. The molecule has 0 aliphatic carbocycles. The molecule has 5 nitrogen and oxygen atoms in total. The van der Waals surface area contributed by atoms with Gasteiger partial charge < -0.3 is 15.3 Å². The van der Waals surface area contributed by atoms with Gasteiger partial charge in [0, 0.05) is 32.4 Å². The molecule has 162 valence electrons. The summed E-state index contributed by atoms with van der Waals surface area (Å²) in [6.45, 7) is 1.92. The molecule has 1 aliphatic rings. The summed E-state index contributed by atoms with van der Waals surface area (Å²) in [5, 5.41) is 12.7. The normalized spacial score (nSPS) is 18.2. The van der Waals surface area contributed by atoms with Gasteiger partial charge in [-0.1, -0.05) is 30.3 Å². The molecule has 1 saturated heterocycles. The number of halogens is 3. The summed E-state index contributed by atoms with van der Waals surface area (Å²) in [4.78, 5) is 16.6.